The number of ether oxygens (including phenoxy) is 2. The Morgan fingerprint density at radius 2 is 1.58 bits per heavy atom. The molecule has 1 amide bonds. The van der Waals surface area contributed by atoms with Gasteiger partial charge in [-0.2, -0.15) is 0 Å². The zero-order valence-electron chi connectivity index (χ0n) is 19.5. The third kappa shape index (κ3) is 4.93. The fourth-order valence-electron chi connectivity index (χ4n) is 4.36. The highest BCUT2D eigenvalue weighted by atomic mass is 16.7. The number of fused-ring (bicyclic) bond motifs is 1. The zero-order valence-corrected chi connectivity index (χ0v) is 19.5. The van der Waals surface area contributed by atoms with Gasteiger partial charge in [-0.25, -0.2) is 4.79 Å². The molecule has 1 aromatic heterocycles. The van der Waals surface area contributed by atoms with Crippen molar-refractivity contribution in [2.75, 3.05) is 13.3 Å². The van der Waals surface area contributed by atoms with Crippen LogP contribution in [-0.4, -0.2) is 28.8 Å². The Balaban J connectivity index is 1.30. The summed E-state index contributed by atoms with van der Waals surface area (Å²) < 4.78 is 11.7. The number of hydrogen-bond donors (Lipinski definition) is 2. The summed E-state index contributed by atoms with van der Waals surface area (Å²) in [6, 6.07) is 25.4. The molecular formula is C28H25N3O5. The minimum Gasteiger partial charge on any atom is -0.454 e. The van der Waals surface area contributed by atoms with Crippen molar-refractivity contribution >= 4 is 5.91 Å². The molecule has 1 aliphatic rings. The van der Waals surface area contributed by atoms with E-state index in [0.29, 0.717) is 30.0 Å². The highest BCUT2D eigenvalue weighted by Crippen LogP contribution is 2.32. The predicted octanol–water partition coefficient (Wildman–Crippen LogP) is 3.27. The first-order valence-corrected chi connectivity index (χ1v) is 11.7. The number of aromatic nitrogens is 2. The highest BCUT2D eigenvalue weighted by molar-refractivity contribution is 5.93. The number of nitrogens with one attached hydrogen (secondary N) is 2. The molecule has 182 valence electrons. The number of carbonyl (C=O) groups excluding carboxylic acids is 1. The van der Waals surface area contributed by atoms with E-state index in [-0.39, 0.29) is 24.8 Å². The summed E-state index contributed by atoms with van der Waals surface area (Å²) in [6.07, 6.45) is 1.82. The molecule has 36 heavy (non-hydrogen) atoms. The Morgan fingerprint density at radius 1 is 0.917 bits per heavy atom. The van der Waals surface area contributed by atoms with Crippen LogP contribution in [0.5, 0.6) is 11.5 Å². The summed E-state index contributed by atoms with van der Waals surface area (Å²) in [5.74, 6) is 0.719. The maximum atomic E-state index is 13.0. The third-order valence-corrected chi connectivity index (χ3v) is 6.21. The van der Waals surface area contributed by atoms with E-state index in [9.17, 15) is 14.4 Å². The average molecular weight is 484 g/mol. The summed E-state index contributed by atoms with van der Waals surface area (Å²) >= 11 is 0. The van der Waals surface area contributed by atoms with Crippen LogP contribution in [0.4, 0.5) is 0 Å². The predicted molar refractivity (Wildman–Crippen MR) is 135 cm³/mol. The van der Waals surface area contributed by atoms with E-state index < -0.39 is 17.2 Å². The molecule has 1 aliphatic heterocycles. The van der Waals surface area contributed by atoms with Gasteiger partial charge < -0.3 is 19.8 Å². The van der Waals surface area contributed by atoms with Gasteiger partial charge >= 0.3 is 5.69 Å². The second kappa shape index (κ2) is 10.4. The molecule has 0 saturated heterocycles. The molecule has 5 rings (SSSR count). The number of amides is 1. The third-order valence-electron chi connectivity index (χ3n) is 6.21. The molecule has 0 spiro atoms. The van der Waals surface area contributed by atoms with Crippen LogP contribution < -0.4 is 26.0 Å². The maximum absolute atomic E-state index is 13.0. The van der Waals surface area contributed by atoms with Gasteiger partial charge in [-0.3, -0.25) is 14.2 Å². The van der Waals surface area contributed by atoms with E-state index in [1.807, 2.05) is 36.4 Å². The van der Waals surface area contributed by atoms with E-state index >= 15 is 0 Å². The SMILES string of the molecule is O=C(NCCC(c1ccccc1)c1ccccc1)c1c[nH]c(=O)n(Cc2ccc3c(c2)OCO3)c1=O. The highest BCUT2D eigenvalue weighted by Gasteiger charge is 2.19. The smallest absolute Gasteiger partial charge is 0.328 e. The van der Waals surface area contributed by atoms with Crippen molar-refractivity contribution in [3.05, 3.63) is 128 Å². The van der Waals surface area contributed by atoms with Crippen LogP contribution in [0.1, 0.15) is 39.4 Å². The van der Waals surface area contributed by atoms with Crippen molar-refractivity contribution in [1.29, 1.82) is 0 Å². The Morgan fingerprint density at radius 3 is 2.28 bits per heavy atom. The minimum absolute atomic E-state index is 0.00395. The van der Waals surface area contributed by atoms with Crippen LogP contribution >= 0.6 is 0 Å². The van der Waals surface area contributed by atoms with Crippen molar-refractivity contribution in [1.82, 2.24) is 14.9 Å². The summed E-state index contributed by atoms with van der Waals surface area (Å²) in [6.45, 7) is 0.481. The van der Waals surface area contributed by atoms with Crippen molar-refractivity contribution in [3.63, 3.8) is 0 Å². The summed E-state index contributed by atoms with van der Waals surface area (Å²) in [4.78, 5) is 40.8. The van der Waals surface area contributed by atoms with Crippen LogP contribution in [0.25, 0.3) is 0 Å². The number of H-pyrrole nitrogens is 1. The molecule has 0 aliphatic carbocycles. The molecule has 8 heteroatoms. The van der Waals surface area contributed by atoms with Crippen LogP contribution in [0.15, 0.2) is 94.6 Å². The number of carbonyl (C=O) groups is 1. The molecule has 3 aromatic carbocycles. The van der Waals surface area contributed by atoms with E-state index in [1.165, 1.54) is 6.20 Å². The fourth-order valence-corrected chi connectivity index (χ4v) is 4.36. The van der Waals surface area contributed by atoms with Gasteiger partial charge in [0.1, 0.15) is 5.56 Å². The molecule has 0 fully saturated rings. The molecular weight excluding hydrogens is 458 g/mol. The number of benzene rings is 3. The van der Waals surface area contributed by atoms with E-state index in [1.54, 1.807) is 18.2 Å². The number of aromatic amines is 1. The summed E-state index contributed by atoms with van der Waals surface area (Å²) in [5, 5.41) is 2.84. The largest absolute Gasteiger partial charge is 0.454 e. The van der Waals surface area contributed by atoms with Crippen LogP contribution in [-0.2, 0) is 6.54 Å². The van der Waals surface area contributed by atoms with E-state index in [4.69, 9.17) is 9.47 Å². The number of nitrogens with zero attached hydrogens (tertiary/aromatic N) is 1. The van der Waals surface area contributed by atoms with Crippen LogP contribution in [0, 0.1) is 0 Å². The Hall–Kier alpha value is -4.59. The van der Waals surface area contributed by atoms with E-state index in [0.717, 1.165) is 15.7 Å². The summed E-state index contributed by atoms with van der Waals surface area (Å²) in [7, 11) is 0. The monoisotopic (exact) mass is 483 g/mol. The quantitative estimate of drug-likeness (QED) is 0.401. The molecule has 2 N–H and O–H groups in total. The number of rotatable bonds is 8. The Bertz CT molecular complexity index is 1440. The molecule has 0 saturated carbocycles. The molecule has 0 radical (unpaired) electrons. The fraction of sp³-hybridized carbons (Fsp3) is 0.179. The van der Waals surface area contributed by atoms with Crippen molar-refractivity contribution in [2.24, 2.45) is 0 Å². The maximum Gasteiger partial charge on any atom is 0.328 e. The molecule has 0 atom stereocenters. The van der Waals surface area contributed by atoms with Crippen molar-refractivity contribution in [3.8, 4) is 11.5 Å². The Kier molecular flexibility index (Phi) is 6.66. The van der Waals surface area contributed by atoms with Gasteiger partial charge in [-0.1, -0.05) is 66.7 Å². The van der Waals surface area contributed by atoms with E-state index in [2.05, 4.69) is 34.6 Å². The summed E-state index contributed by atoms with van der Waals surface area (Å²) in [5.41, 5.74) is 1.60. The van der Waals surface area contributed by atoms with Crippen molar-refractivity contribution in [2.45, 2.75) is 18.9 Å². The Labute approximate surface area is 207 Å². The average Bonchev–Trinajstić information content (AvgIpc) is 3.38. The van der Waals surface area contributed by atoms with Gasteiger partial charge in [0.25, 0.3) is 11.5 Å². The zero-order chi connectivity index (χ0) is 24.9. The van der Waals surface area contributed by atoms with Gasteiger partial charge in [0.05, 0.1) is 6.54 Å². The molecule has 4 aromatic rings. The lowest BCUT2D eigenvalue weighted by Gasteiger charge is -2.18. The molecule has 8 nitrogen and oxygen atoms in total. The molecule has 2 heterocycles. The van der Waals surface area contributed by atoms with Crippen LogP contribution in [0.3, 0.4) is 0 Å². The lowest BCUT2D eigenvalue weighted by Crippen LogP contribution is -2.41. The van der Waals surface area contributed by atoms with Gasteiger partial charge in [0, 0.05) is 18.7 Å². The van der Waals surface area contributed by atoms with Gasteiger partial charge in [-0.15, -0.1) is 0 Å². The standard InChI is InChI=1S/C28H25N3O5/c32-26(29-14-13-22(20-7-3-1-4-8-20)21-9-5-2-6-10-21)23-16-30-28(34)31(27(23)33)17-19-11-12-24-25(15-19)36-18-35-24/h1-12,15-16,22H,13-14,17-18H2,(H,29,32)(H,30,34). The first-order valence-electron chi connectivity index (χ1n) is 11.7. The first-order chi connectivity index (χ1) is 17.6. The first kappa shape index (κ1) is 23.2. The lowest BCUT2D eigenvalue weighted by molar-refractivity contribution is 0.0950. The second-order valence-corrected chi connectivity index (χ2v) is 8.50. The topological polar surface area (TPSA) is 102 Å². The minimum atomic E-state index is -0.656. The van der Waals surface area contributed by atoms with Gasteiger partial charge in [0.15, 0.2) is 11.5 Å². The molecule has 0 bridgehead atoms. The van der Waals surface area contributed by atoms with Gasteiger partial charge in [-0.05, 0) is 35.2 Å². The van der Waals surface area contributed by atoms with Crippen LogP contribution in [0.2, 0.25) is 0 Å². The number of hydrogen-bond acceptors (Lipinski definition) is 5. The second-order valence-electron chi connectivity index (χ2n) is 8.50. The van der Waals surface area contributed by atoms with Gasteiger partial charge in [0.2, 0.25) is 6.79 Å². The lowest BCUT2D eigenvalue weighted by atomic mass is 9.88. The normalized spacial score (nSPS) is 12.0. The molecule has 0 unspecified atom stereocenters. The van der Waals surface area contributed by atoms with Crippen molar-refractivity contribution < 1.29 is 14.3 Å².